The number of hydrogen-bond donors (Lipinski definition) is 0. The highest BCUT2D eigenvalue weighted by molar-refractivity contribution is 6.62. The van der Waals surface area contributed by atoms with Gasteiger partial charge in [-0.05, 0) is 230 Å². The molecule has 2 spiro atoms. The van der Waals surface area contributed by atoms with Gasteiger partial charge in [0, 0.05) is 27.8 Å². The summed E-state index contributed by atoms with van der Waals surface area (Å²) >= 11 is 6.03. The summed E-state index contributed by atoms with van der Waals surface area (Å²) in [7, 11) is -0.425. The SMILES string of the molecule is CC1(C)OB(c2ccc3c(c2)C2(c4ccccc4-3)c3ccccc3-c3c2cc2c4c(cccc34)-c3ccccc3-2)OC1(C)C.Clc1nc(-c2ccccc2)cc(-c2ccccc2)n1.c1ccc(-c2cc(-c3ccccc3)nc(-c3ccc4c(c3)C3(c5ccccc5-4)c4ccccc4-c4c3cc3c5c(cccc45)-c4ccccc4-3)n2)cc1. The molecule has 7 aliphatic rings. The van der Waals surface area contributed by atoms with E-state index in [0.29, 0.717) is 0 Å². The van der Waals surface area contributed by atoms with Gasteiger partial charge in [-0.1, -0.05) is 334 Å². The molecule has 16 aromatic carbocycles. The summed E-state index contributed by atoms with van der Waals surface area (Å²) in [6.07, 6.45) is 0. The Hall–Kier alpha value is -13.5. The molecule has 2 atom stereocenters. The first kappa shape index (κ1) is 68.1. The molecule has 0 N–H and O–H groups in total. The third-order valence-electron chi connectivity index (χ3n) is 25.9. The van der Waals surface area contributed by atoms with Crippen LogP contribution in [0.1, 0.15) is 72.2 Å². The molecule has 6 nitrogen and oxygen atoms in total. The molecule has 8 heteroatoms. The number of fused-ring (bicyclic) bond motifs is 28. The van der Waals surface area contributed by atoms with Crippen molar-refractivity contribution in [1.29, 1.82) is 0 Å². The van der Waals surface area contributed by atoms with Crippen molar-refractivity contribution in [3.63, 3.8) is 0 Å². The van der Waals surface area contributed by atoms with E-state index in [1.165, 1.54) is 155 Å². The van der Waals surface area contributed by atoms with E-state index in [1.807, 2.05) is 78.9 Å². The van der Waals surface area contributed by atoms with Crippen LogP contribution < -0.4 is 5.46 Å². The van der Waals surface area contributed by atoms with Crippen LogP contribution in [-0.2, 0) is 20.1 Å². The Balaban J connectivity index is 0.000000113. The van der Waals surface area contributed by atoms with Gasteiger partial charge in [-0.3, -0.25) is 0 Å². The molecule has 1 fully saturated rings. The van der Waals surface area contributed by atoms with Crippen molar-refractivity contribution in [2.75, 3.05) is 0 Å². The predicted octanol–water partition coefficient (Wildman–Crippen LogP) is 26.2. The Bertz CT molecular complexity index is 7060. The van der Waals surface area contributed by atoms with Crippen LogP contribution >= 0.6 is 11.6 Å². The van der Waals surface area contributed by atoms with Crippen molar-refractivity contribution >= 4 is 45.7 Å². The summed E-state index contributed by atoms with van der Waals surface area (Å²) in [5.41, 5.74) is 39.8. The predicted molar refractivity (Wildman–Crippen MR) is 475 cm³/mol. The van der Waals surface area contributed by atoms with Gasteiger partial charge in [-0.2, -0.15) is 0 Å². The molecule has 3 heterocycles. The van der Waals surface area contributed by atoms with Gasteiger partial charge in [0.15, 0.2) is 5.82 Å². The smallest absolute Gasteiger partial charge is 0.399 e. The summed E-state index contributed by atoms with van der Waals surface area (Å²) in [4.78, 5) is 19.1. The molecule has 0 bridgehead atoms. The van der Waals surface area contributed by atoms with E-state index in [4.69, 9.17) is 30.9 Å². The molecule has 0 saturated carbocycles. The highest BCUT2D eigenvalue weighted by atomic mass is 35.5. The summed E-state index contributed by atoms with van der Waals surface area (Å²) in [6, 6.07) is 132. The number of benzene rings is 16. The van der Waals surface area contributed by atoms with Crippen LogP contribution in [0.3, 0.4) is 0 Å². The molecular formula is C108H72BClN4O2. The fraction of sp³-hybridized carbons (Fsp3) is 0.0741. The van der Waals surface area contributed by atoms with E-state index >= 15 is 0 Å². The van der Waals surface area contributed by atoms with E-state index in [-0.39, 0.29) is 5.28 Å². The second-order valence-corrected chi connectivity index (χ2v) is 32.7. The quantitative estimate of drug-likeness (QED) is 0.122. The maximum absolute atomic E-state index is 6.59. The normalized spacial score (nSPS) is 16.4. The van der Waals surface area contributed by atoms with E-state index in [0.717, 1.165) is 61.9 Å². The number of nitrogens with zero attached hydrogens (tertiary/aromatic N) is 4. The van der Waals surface area contributed by atoms with Gasteiger partial charge in [-0.15, -0.1) is 0 Å². The van der Waals surface area contributed by atoms with Gasteiger partial charge in [0.25, 0.3) is 0 Å². The summed E-state index contributed by atoms with van der Waals surface area (Å²) in [6.45, 7) is 8.51. The van der Waals surface area contributed by atoms with Crippen molar-refractivity contribution in [1.82, 2.24) is 19.9 Å². The van der Waals surface area contributed by atoms with Gasteiger partial charge in [-0.25, -0.2) is 19.9 Å². The first-order valence-electron chi connectivity index (χ1n) is 40.0. The van der Waals surface area contributed by atoms with Gasteiger partial charge in [0.2, 0.25) is 5.28 Å². The third kappa shape index (κ3) is 9.86. The standard InChI is InChI=1S/C51H30N2.C41H31BO2.C16H11ClN2/c1-3-14-31(15-4-1)46-30-47(32-16-5-2-6-17-32)53-50(52-46)33-26-27-37-36-20-9-11-24-42(36)51(44(37)28-33)43-25-12-10-21-39(43)49-40-23-13-22-38-34-18-7-8-19-35(34)41(48(38)40)29-45(49)51;1-39(2)40(3,4)44-42(43-39)24-20-21-28-27-14-7-9-18-33(27)41(35(28)22-24)34-19-10-8-15-30(34)38-31-17-11-16-29-25-12-5-6-13-26(25)32(37(29)31)23-36(38)41;17-16-18-14(12-7-3-1-4-8-12)11-15(19-16)13-9-5-2-6-10-13/h1-30H;5-23H,1-4H3;1-11H. The van der Waals surface area contributed by atoms with Crippen LogP contribution in [0.5, 0.6) is 0 Å². The molecule has 2 aromatic heterocycles. The minimum Gasteiger partial charge on any atom is -0.399 e. The number of hydrogen-bond acceptors (Lipinski definition) is 6. The van der Waals surface area contributed by atoms with Crippen LogP contribution in [-0.4, -0.2) is 38.3 Å². The van der Waals surface area contributed by atoms with Crippen LogP contribution in [0.2, 0.25) is 5.28 Å². The average molecular weight is 1500 g/mol. The molecule has 18 aromatic rings. The molecule has 546 valence electrons. The topological polar surface area (TPSA) is 70.0 Å². The van der Waals surface area contributed by atoms with E-state index < -0.39 is 29.2 Å². The maximum atomic E-state index is 6.59. The summed E-state index contributed by atoms with van der Waals surface area (Å²) in [5, 5.41) is 5.66. The summed E-state index contributed by atoms with van der Waals surface area (Å²) in [5.74, 6) is 0.723. The largest absolute Gasteiger partial charge is 0.494 e. The minimum absolute atomic E-state index is 0.264. The van der Waals surface area contributed by atoms with Crippen molar-refractivity contribution < 1.29 is 9.31 Å². The van der Waals surface area contributed by atoms with Crippen LogP contribution in [0, 0.1) is 0 Å². The number of rotatable bonds is 6. The van der Waals surface area contributed by atoms with Gasteiger partial charge in [0.05, 0.1) is 44.8 Å². The van der Waals surface area contributed by atoms with Crippen LogP contribution in [0.4, 0.5) is 0 Å². The summed E-state index contributed by atoms with van der Waals surface area (Å²) < 4.78 is 13.2. The van der Waals surface area contributed by atoms with Crippen LogP contribution in [0.25, 0.3) is 167 Å². The monoisotopic (exact) mass is 1500 g/mol. The molecular weight excluding hydrogens is 1430 g/mol. The molecule has 6 aliphatic carbocycles. The minimum atomic E-state index is -0.509. The van der Waals surface area contributed by atoms with Crippen LogP contribution in [0.15, 0.2) is 364 Å². The van der Waals surface area contributed by atoms with Gasteiger partial charge in [0.1, 0.15) is 0 Å². The van der Waals surface area contributed by atoms with Gasteiger partial charge < -0.3 is 9.31 Å². The Morgan fingerprint density at radius 3 is 0.974 bits per heavy atom. The fourth-order valence-corrected chi connectivity index (χ4v) is 20.5. The zero-order chi connectivity index (χ0) is 77.3. The lowest BCUT2D eigenvalue weighted by Crippen LogP contribution is -2.41. The first-order chi connectivity index (χ1) is 56.9. The Labute approximate surface area is 679 Å². The molecule has 25 rings (SSSR count). The number of aromatic nitrogens is 4. The molecule has 1 saturated heterocycles. The van der Waals surface area contributed by atoms with Crippen molar-refractivity contribution in [2.24, 2.45) is 0 Å². The molecule has 0 radical (unpaired) electrons. The molecule has 1 aliphatic heterocycles. The van der Waals surface area contributed by atoms with Crippen molar-refractivity contribution in [2.45, 2.75) is 49.7 Å². The highest BCUT2D eigenvalue weighted by Crippen LogP contribution is 2.68. The zero-order valence-corrected chi connectivity index (χ0v) is 65.0. The van der Waals surface area contributed by atoms with E-state index in [9.17, 15) is 0 Å². The fourth-order valence-electron chi connectivity index (χ4n) is 20.3. The van der Waals surface area contributed by atoms with E-state index in [2.05, 4.69) is 323 Å². The highest BCUT2D eigenvalue weighted by Gasteiger charge is 2.57. The second kappa shape index (κ2) is 25.7. The van der Waals surface area contributed by atoms with Gasteiger partial charge >= 0.3 is 7.12 Å². The molecule has 2 unspecified atom stereocenters. The first-order valence-corrected chi connectivity index (χ1v) is 40.4. The molecule has 116 heavy (non-hydrogen) atoms. The number of halogens is 1. The third-order valence-corrected chi connectivity index (χ3v) is 26.1. The van der Waals surface area contributed by atoms with Crippen molar-refractivity contribution in [3.8, 4) is 145 Å². The van der Waals surface area contributed by atoms with E-state index in [1.54, 1.807) is 0 Å². The molecule has 0 amide bonds. The average Bonchev–Trinajstić information content (AvgIpc) is 1.50. The maximum Gasteiger partial charge on any atom is 0.494 e. The Morgan fingerprint density at radius 2 is 0.560 bits per heavy atom. The lowest BCUT2D eigenvalue weighted by atomic mass is 9.68. The Kier molecular flexibility index (Phi) is 15.1. The second-order valence-electron chi connectivity index (χ2n) is 32.4. The lowest BCUT2D eigenvalue weighted by molar-refractivity contribution is 0.00578. The lowest BCUT2D eigenvalue weighted by Gasteiger charge is -2.32. The van der Waals surface area contributed by atoms with Crippen molar-refractivity contribution in [3.05, 3.63) is 414 Å². The zero-order valence-electron chi connectivity index (χ0n) is 64.2. The Morgan fingerprint density at radius 1 is 0.241 bits per heavy atom.